The number of aryl methyl sites for hydroxylation is 1. The van der Waals surface area contributed by atoms with E-state index in [1.165, 1.54) is 5.57 Å². The molecular weight excluding hydrogens is 715 g/mol. The normalized spacial score (nSPS) is 16.6. The summed E-state index contributed by atoms with van der Waals surface area (Å²) in [6, 6.07) is 8.14. The number of benzene rings is 2. The Balaban J connectivity index is 0.000000526. The fourth-order valence-corrected chi connectivity index (χ4v) is 6.54. The van der Waals surface area contributed by atoms with Gasteiger partial charge in [0.05, 0.1) is 60.0 Å². The van der Waals surface area contributed by atoms with Gasteiger partial charge in [-0.05, 0) is 55.5 Å². The van der Waals surface area contributed by atoms with Crippen LogP contribution in [0.25, 0.3) is 11.0 Å². The van der Waals surface area contributed by atoms with Gasteiger partial charge in [-0.15, -0.1) is 0 Å². The van der Waals surface area contributed by atoms with Crippen LogP contribution in [-0.4, -0.2) is 120 Å². The van der Waals surface area contributed by atoms with E-state index in [0.29, 0.717) is 55.1 Å². The Morgan fingerprint density at radius 2 is 1.87 bits per heavy atom. The number of aromatic nitrogens is 2. The van der Waals surface area contributed by atoms with Gasteiger partial charge >= 0.3 is 6.18 Å². The number of fused-ring (bicyclic) bond motifs is 1. The minimum absolute atomic E-state index is 0.0286. The van der Waals surface area contributed by atoms with Crippen molar-refractivity contribution in [3.63, 3.8) is 0 Å². The van der Waals surface area contributed by atoms with Crippen LogP contribution in [-0.2, 0) is 27.5 Å². The number of nitrogens with zero attached hydrogens (tertiary/aromatic N) is 8. The third-order valence-corrected chi connectivity index (χ3v) is 9.36. The predicted molar refractivity (Wildman–Crippen MR) is 196 cm³/mol. The highest BCUT2D eigenvalue weighted by Crippen LogP contribution is 2.34. The minimum atomic E-state index is -4.57. The molecule has 6 rings (SSSR count). The van der Waals surface area contributed by atoms with Crippen molar-refractivity contribution < 1.29 is 32.3 Å². The first kappa shape index (κ1) is 39.0. The van der Waals surface area contributed by atoms with Gasteiger partial charge in [0.15, 0.2) is 0 Å². The minimum Gasteiger partial charge on any atom is -0.377 e. The Hall–Kier alpha value is -5.22. The quantitative estimate of drug-likeness (QED) is 0.240. The topological polar surface area (TPSA) is 128 Å². The Bertz CT molecular complexity index is 1940. The van der Waals surface area contributed by atoms with Crippen LogP contribution in [0.15, 0.2) is 75.9 Å². The number of anilines is 1. The molecule has 0 bridgehead atoms. The van der Waals surface area contributed by atoms with Gasteiger partial charge in [0.1, 0.15) is 17.9 Å². The zero-order valence-electron chi connectivity index (χ0n) is 29.5. The largest absolute Gasteiger partial charge is 0.416 e. The van der Waals surface area contributed by atoms with E-state index in [-0.39, 0.29) is 35.7 Å². The first-order chi connectivity index (χ1) is 25.4. The number of aliphatic imine (C=N–C) groups is 1. The van der Waals surface area contributed by atoms with Gasteiger partial charge in [0, 0.05) is 45.6 Å². The molecule has 53 heavy (non-hydrogen) atoms. The molecule has 1 N–H and O–H groups in total. The lowest BCUT2D eigenvalue weighted by Crippen LogP contribution is -2.54. The number of rotatable bonds is 9. The van der Waals surface area contributed by atoms with E-state index in [0.717, 1.165) is 54.9 Å². The smallest absolute Gasteiger partial charge is 0.377 e. The number of carbonyl (C=O) groups excluding carboxylic acids is 3. The third kappa shape index (κ3) is 9.06. The number of amides is 3. The van der Waals surface area contributed by atoms with Crippen LogP contribution in [0.4, 0.5) is 18.9 Å². The third-order valence-electron chi connectivity index (χ3n) is 9.05. The lowest BCUT2D eigenvalue weighted by Gasteiger charge is -2.43. The fourth-order valence-electron chi connectivity index (χ4n) is 6.31. The van der Waals surface area contributed by atoms with E-state index in [1.54, 1.807) is 22.2 Å². The predicted octanol–water partition coefficient (Wildman–Crippen LogP) is 5.01. The maximum absolute atomic E-state index is 13.5. The van der Waals surface area contributed by atoms with Gasteiger partial charge in [-0.1, -0.05) is 30.7 Å². The van der Waals surface area contributed by atoms with Crippen molar-refractivity contribution >= 4 is 59.5 Å². The molecular formula is C36H41ClF3N9O4. The first-order valence-corrected chi connectivity index (χ1v) is 17.3. The number of para-hydroxylation sites is 1. The molecule has 3 aliphatic heterocycles. The number of halogens is 4. The maximum atomic E-state index is 13.5. The van der Waals surface area contributed by atoms with Crippen molar-refractivity contribution in [1.29, 1.82) is 0 Å². The fraction of sp³-hybridized carbons (Fsp3) is 0.389. The SMILES string of the molecule is C=NCC1=CCOCC1.C=NN1CN(CC(=O)Nc2ccc(C(F)(F)F)cc2Cl)C(CC)=C(N2CCN(C(=O)c3cccc4c3ncn4C)CC2)C1=O. The molecule has 1 fully saturated rings. The maximum Gasteiger partial charge on any atom is 0.416 e. The summed E-state index contributed by atoms with van der Waals surface area (Å²) in [6.45, 7) is 12.3. The Morgan fingerprint density at radius 3 is 2.49 bits per heavy atom. The van der Waals surface area contributed by atoms with Gasteiger partial charge < -0.3 is 29.3 Å². The molecule has 0 saturated carbocycles. The van der Waals surface area contributed by atoms with Gasteiger partial charge in [0.2, 0.25) is 5.91 Å². The van der Waals surface area contributed by atoms with Crippen molar-refractivity contribution in [3.05, 3.63) is 81.9 Å². The van der Waals surface area contributed by atoms with Crippen molar-refractivity contribution in [2.45, 2.75) is 25.9 Å². The Morgan fingerprint density at radius 1 is 1.11 bits per heavy atom. The molecule has 2 aromatic carbocycles. The summed E-state index contributed by atoms with van der Waals surface area (Å²) < 4.78 is 46.0. The van der Waals surface area contributed by atoms with Gasteiger partial charge in [-0.25, -0.2) is 9.99 Å². The van der Waals surface area contributed by atoms with Gasteiger partial charge in [0.25, 0.3) is 11.8 Å². The summed E-state index contributed by atoms with van der Waals surface area (Å²) in [4.78, 5) is 53.3. The number of hydrogen-bond acceptors (Lipinski definition) is 9. The molecule has 3 amide bonds. The van der Waals surface area contributed by atoms with E-state index in [1.807, 2.05) is 35.6 Å². The average molecular weight is 756 g/mol. The van der Waals surface area contributed by atoms with Crippen LogP contribution < -0.4 is 5.32 Å². The van der Waals surface area contributed by atoms with Crippen molar-refractivity contribution in [1.82, 2.24) is 29.3 Å². The van der Waals surface area contributed by atoms with E-state index in [2.05, 4.69) is 39.9 Å². The molecule has 17 heteroatoms. The molecule has 0 atom stereocenters. The van der Waals surface area contributed by atoms with Crippen molar-refractivity contribution in [3.8, 4) is 0 Å². The number of ether oxygens (including phenoxy) is 1. The number of allylic oxidation sites excluding steroid dienone is 1. The van der Waals surface area contributed by atoms with Crippen LogP contribution in [0, 0.1) is 0 Å². The summed E-state index contributed by atoms with van der Waals surface area (Å²) in [5, 5.41) is 7.28. The number of nitrogens with one attached hydrogen (secondary N) is 1. The lowest BCUT2D eigenvalue weighted by molar-refractivity contribution is -0.137. The highest BCUT2D eigenvalue weighted by molar-refractivity contribution is 6.33. The first-order valence-electron chi connectivity index (χ1n) is 16.9. The average Bonchev–Trinajstić information content (AvgIpc) is 3.53. The zero-order chi connectivity index (χ0) is 38.3. The zero-order valence-corrected chi connectivity index (χ0v) is 30.3. The second-order valence-electron chi connectivity index (χ2n) is 12.5. The monoisotopic (exact) mass is 755 g/mol. The van der Waals surface area contributed by atoms with Crippen molar-refractivity contribution in [2.24, 2.45) is 17.1 Å². The molecule has 0 unspecified atom stereocenters. The Labute approximate surface area is 310 Å². The van der Waals surface area contributed by atoms with Gasteiger partial charge in [-0.3, -0.25) is 19.4 Å². The molecule has 1 aromatic heterocycles. The summed E-state index contributed by atoms with van der Waals surface area (Å²) in [7, 11) is 1.86. The highest BCUT2D eigenvalue weighted by Gasteiger charge is 2.37. The van der Waals surface area contributed by atoms with Crippen LogP contribution in [0.3, 0.4) is 0 Å². The van der Waals surface area contributed by atoms with Crippen LogP contribution >= 0.6 is 11.6 Å². The molecule has 3 aromatic rings. The lowest BCUT2D eigenvalue weighted by atomic mass is 10.1. The Kier molecular flexibility index (Phi) is 12.6. The second kappa shape index (κ2) is 17.1. The molecule has 0 aliphatic carbocycles. The van der Waals surface area contributed by atoms with Crippen molar-refractivity contribution in [2.75, 3.05) is 64.5 Å². The number of piperazine rings is 1. The molecule has 4 heterocycles. The number of hydrazone groups is 1. The van der Waals surface area contributed by atoms with Crippen LogP contribution in [0.2, 0.25) is 5.02 Å². The molecule has 0 spiro atoms. The van der Waals surface area contributed by atoms with Crippen LogP contribution in [0.5, 0.6) is 0 Å². The van der Waals surface area contributed by atoms with Gasteiger partial charge in [-0.2, -0.15) is 18.3 Å². The number of carbonyl (C=O) groups is 3. The van der Waals surface area contributed by atoms with Crippen LogP contribution in [0.1, 0.15) is 35.7 Å². The van der Waals surface area contributed by atoms with E-state index in [9.17, 15) is 27.6 Å². The molecule has 0 radical (unpaired) electrons. The number of alkyl halides is 3. The number of hydrogen-bond donors (Lipinski definition) is 1. The van der Waals surface area contributed by atoms with E-state index >= 15 is 0 Å². The molecule has 13 nitrogen and oxygen atoms in total. The molecule has 1 saturated heterocycles. The highest BCUT2D eigenvalue weighted by atomic mass is 35.5. The molecule has 3 aliphatic rings. The summed E-state index contributed by atoms with van der Waals surface area (Å²) in [6.07, 6.45) is 0.603. The summed E-state index contributed by atoms with van der Waals surface area (Å²) >= 11 is 6.02. The second-order valence-corrected chi connectivity index (χ2v) is 12.9. The summed E-state index contributed by atoms with van der Waals surface area (Å²) in [5.41, 5.74) is 3.39. The standard InChI is InChI=1S/C29H30ClF3N8O3.C7H11NO/c1-4-22-26(38-10-12-39(13-11-38)27(43)19-6-5-7-23-25(19)35-16-37(23)3)28(44)41(34-2)17-40(22)15-24(42)36-21-9-8-18(14-20(21)30)29(31,32)33;1-8-6-7-2-4-9-5-3-7/h5-9,14,16H,2,4,10-13,15,17H2,1,3H3,(H,36,42);2H,1,3-6H2. The van der Waals surface area contributed by atoms with E-state index in [4.69, 9.17) is 16.3 Å². The molecule has 282 valence electrons. The number of imidazole rings is 1. The van der Waals surface area contributed by atoms with E-state index < -0.39 is 17.6 Å². The summed E-state index contributed by atoms with van der Waals surface area (Å²) in [5.74, 6) is -1.07.